The minimum Gasteiger partial charge on any atom is -0.337 e. The highest BCUT2D eigenvalue weighted by Gasteiger charge is 2.12. The summed E-state index contributed by atoms with van der Waals surface area (Å²) in [5, 5.41) is 7.85. The number of benzene rings is 1. The molecule has 0 bridgehead atoms. The molecule has 4 rings (SSSR count). The predicted molar refractivity (Wildman–Crippen MR) is 82.9 cm³/mol. The van der Waals surface area contributed by atoms with Gasteiger partial charge in [-0.15, -0.1) is 5.10 Å². The smallest absolute Gasteiger partial charge is 0.337 e. The third kappa shape index (κ3) is 2.69. The largest absolute Gasteiger partial charge is 0.350 e. The number of nitrogens with zero attached hydrogens (tertiary/aromatic N) is 5. The Morgan fingerprint density at radius 1 is 1.12 bits per heavy atom. The molecule has 0 aliphatic heterocycles. The first-order valence-electron chi connectivity index (χ1n) is 7.35. The van der Waals surface area contributed by atoms with Crippen LogP contribution in [0.3, 0.4) is 0 Å². The molecule has 0 aliphatic rings. The Hall–Kier alpha value is -3.36. The molecule has 7 nitrogen and oxygen atoms in total. The fourth-order valence-electron chi connectivity index (χ4n) is 2.50. The van der Waals surface area contributed by atoms with Crippen LogP contribution in [-0.2, 0) is 6.54 Å². The van der Waals surface area contributed by atoms with Crippen molar-refractivity contribution in [2.24, 2.45) is 0 Å². The zero-order chi connectivity index (χ0) is 17.6. The van der Waals surface area contributed by atoms with Gasteiger partial charge in [-0.05, 0) is 42.3 Å². The Morgan fingerprint density at radius 2 is 1.92 bits per heavy atom. The fourth-order valence-corrected chi connectivity index (χ4v) is 2.50. The van der Waals surface area contributed by atoms with E-state index in [4.69, 9.17) is 4.52 Å². The van der Waals surface area contributed by atoms with Crippen LogP contribution in [0.15, 0.2) is 45.8 Å². The van der Waals surface area contributed by atoms with Gasteiger partial charge >= 0.3 is 5.69 Å². The third-order valence-electron chi connectivity index (χ3n) is 3.68. The molecule has 0 fully saturated rings. The Bertz CT molecular complexity index is 1150. The first-order valence-corrected chi connectivity index (χ1v) is 7.35. The molecule has 4 aromatic rings. The van der Waals surface area contributed by atoms with E-state index >= 15 is 0 Å². The molecule has 0 N–H and O–H groups in total. The molecule has 3 aromatic heterocycles. The molecule has 0 saturated heterocycles. The molecule has 25 heavy (non-hydrogen) atoms. The van der Waals surface area contributed by atoms with E-state index < -0.39 is 17.3 Å². The minimum atomic E-state index is -0.951. The van der Waals surface area contributed by atoms with E-state index in [2.05, 4.69) is 15.2 Å². The average molecular weight is 343 g/mol. The van der Waals surface area contributed by atoms with Gasteiger partial charge in [0.15, 0.2) is 23.1 Å². The van der Waals surface area contributed by atoms with Gasteiger partial charge in [-0.25, -0.2) is 22.7 Å². The van der Waals surface area contributed by atoms with E-state index in [0.717, 1.165) is 12.1 Å². The number of fused-ring (bicyclic) bond motifs is 1. The Balaban J connectivity index is 1.76. The summed E-state index contributed by atoms with van der Waals surface area (Å²) in [6.45, 7) is 1.72. The van der Waals surface area contributed by atoms with Gasteiger partial charge in [0.2, 0.25) is 5.89 Å². The van der Waals surface area contributed by atoms with Crippen LogP contribution in [0.1, 0.15) is 11.7 Å². The number of hydrogen-bond donors (Lipinski definition) is 0. The normalized spacial score (nSPS) is 11.3. The second kappa shape index (κ2) is 5.62. The molecule has 9 heteroatoms. The SMILES string of the molecule is Cc1noc(Cn2nc3ccc(-c4ccc(F)c(F)c4)cn3c2=O)n1. The van der Waals surface area contributed by atoms with Gasteiger partial charge in [-0.2, -0.15) is 4.98 Å². The molecule has 0 amide bonds. The van der Waals surface area contributed by atoms with Crippen LogP contribution < -0.4 is 5.69 Å². The van der Waals surface area contributed by atoms with Crippen molar-refractivity contribution in [1.82, 2.24) is 24.3 Å². The molecule has 0 unspecified atom stereocenters. The van der Waals surface area contributed by atoms with Crippen LogP contribution >= 0.6 is 0 Å². The van der Waals surface area contributed by atoms with Gasteiger partial charge in [-0.3, -0.25) is 0 Å². The summed E-state index contributed by atoms with van der Waals surface area (Å²) >= 11 is 0. The second-order valence-electron chi connectivity index (χ2n) is 5.45. The number of aryl methyl sites for hydroxylation is 1. The maximum atomic E-state index is 13.4. The van der Waals surface area contributed by atoms with Gasteiger partial charge in [0, 0.05) is 6.20 Å². The van der Waals surface area contributed by atoms with E-state index in [9.17, 15) is 13.6 Å². The number of hydrogen-bond acceptors (Lipinski definition) is 5. The van der Waals surface area contributed by atoms with Crippen LogP contribution in [0.5, 0.6) is 0 Å². The van der Waals surface area contributed by atoms with E-state index in [-0.39, 0.29) is 12.4 Å². The molecule has 126 valence electrons. The highest BCUT2D eigenvalue weighted by atomic mass is 19.2. The van der Waals surface area contributed by atoms with Crippen molar-refractivity contribution >= 4 is 5.65 Å². The quantitative estimate of drug-likeness (QED) is 0.570. The molecule has 0 saturated carbocycles. The van der Waals surface area contributed by atoms with Crippen molar-refractivity contribution in [2.45, 2.75) is 13.5 Å². The van der Waals surface area contributed by atoms with Crippen molar-refractivity contribution in [2.75, 3.05) is 0 Å². The third-order valence-corrected chi connectivity index (χ3v) is 3.68. The number of pyridine rings is 1. The van der Waals surface area contributed by atoms with Gasteiger partial charge in [-0.1, -0.05) is 11.2 Å². The lowest BCUT2D eigenvalue weighted by molar-refractivity contribution is 0.361. The second-order valence-corrected chi connectivity index (χ2v) is 5.45. The summed E-state index contributed by atoms with van der Waals surface area (Å²) in [5.41, 5.74) is 1.01. The maximum Gasteiger partial charge on any atom is 0.350 e. The summed E-state index contributed by atoms with van der Waals surface area (Å²) in [5.74, 6) is -1.15. The molecule has 1 aromatic carbocycles. The summed E-state index contributed by atoms with van der Waals surface area (Å²) in [6.07, 6.45) is 1.52. The molecular weight excluding hydrogens is 332 g/mol. The lowest BCUT2D eigenvalue weighted by atomic mass is 10.1. The molecular formula is C16H11F2N5O2. The van der Waals surface area contributed by atoms with E-state index in [0.29, 0.717) is 22.6 Å². The Labute approximate surface area is 139 Å². The predicted octanol–water partition coefficient (Wildman–Crippen LogP) is 2.18. The van der Waals surface area contributed by atoms with Crippen molar-refractivity contribution in [1.29, 1.82) is 0 Å². The standard InChI is InChI=1S/C16H11F2N5O2/c1-9-19-15(25-21-9)8-23-16(24)22-7-11(3-5-14(22)20-23)10-2-4-12(17)13(18)6-10/h2-7H,8H2,1H3. The van der Waals surface area contributed by atoms with Crippen LogP contribution in [0, 0.1) is 18.6 Å². The molecule has 0 atom stereocenters. The first-order chi connectivity index (χ1) is 12.0. The van der Waals surface area contributed by atoms with Crippen LogP contribution in [0.25, 0.3) is 16.8 Å². The van der Waals surface area contributed by atoms with Crippen molar-refractivity contribution in [3.05, 3.63) is 70.4 Å². The Kier molecular flexibility index (Phi) is 3.41. The van der Waals surface area contributed by atoms with Crippen molar-refractivity contribution in [3.63, 3.8) is 0 Å². The van der Waals surface area contributed by atoms with E-state index in [1.807, 2.05) is 0 Å². The first kappa shape index (κ1) is 15.2. The van der Waals surface area contributed by atoms with Crippen molar-refractivity contribution < 1.29 is 13.3 Å². The zero-order valence-electron chi connectivity index (χ0n) is 13.0. The lowest BCUT2D eigenvalue weighted by Crippen LogP contribution is -2.21. The lowest BCUT2D eigenvalue weighted by Gasteiger charge is -2.02. The highest BCUT2D eigenvalue weighted by Crippen LogP contribution is 2.21. The van der Waals surface area contributed by atoms with Crippen LogP contribution in [-0.4, -0.2) is 24.3 Å². The van der Waals surface area contributed by atoms with E-state index in [1.54, 1.807) is 19.1 Å². The summed E-state index contributed by atoms with van der Waals surface area (Å²) < 4.78 is 34.0. The zero-order valence-corrected chi connectivity index (χ0v) is 13.0. The number of aromatic nitrogens is 5. The molecule has 0 aliphatic carbocycles. The Morgan fingerprint density at radius 3 is 2.64 bits per heavy atom. The number of halogens is 2. The van der Waals surface area contributed by atoms with Gasteiger partial charge in [0.05, 0.1) is 0 Å². The fraction of sp³-hybridized carbons (Fsp3) is 0.125. The minimum absolute atomic E-state index is 0.0435. The number of rotatable bonds is 3. The van der Waals surface area contributed by atoms with Crippen LogP contribution in [0.2, 0.25) is 0 Å². The highest BCUT2D eigenvalue weighted by molar-refractivity contribution is 5.64. The summed E-state index contributed by atoms with van der Waals surface area (Å²) in [4.78, 5) is 16.5. The molecule has 0 radical (unpaired) electrons. The maximum absolute atomic E-state index is 13.4. The van der Waals surface area contributed by atoms with Crippen LogP contribution in [0.4, 0.5) is 8.78 Å². The monoisotopic (exact) mass is 343 g/mol. The average Bonchev–Trinajstić information content (AvgIpc) is 3.14. The molecule has 3 heterocycles. The van der Waals surface area contributed by atoms with Gasteiger partial charge in [0.1, 0.15) is 6.54 Å². The van der Waals surface area contributed by atoms with Gasteiger partial charge < -0.3 is 4.52 Å². The topological polar surface area (TPSA) is 78.2 Å². The van der Waals surface area contributed by atoms with Gasteiger partial charge in [0.25, 0.3) is 0 Å². The summed E-state index contributed by atoms with van der Waals surface area (Å²) in [7, 11) is 0. The molecule has 0 spiro atoms. The van der Waals surface area contributed by atoms with Crippen molar-refractivity contribution in [3.8, 4) is 11.1 Å². The van der Waals surface area contributed by atoms with E-state index in [1.165, 1.54) is 21.3 Å². The summed E-state index contributed by atoms with van der Waals surface area (Å²) in [6, 6.07) is 6.85.